The van der Waals surface area contributed by atoms with E-state index in [1.165, 1.54) is 31.7 Å². The van der Waals surface area contributed by atoms with Gasteiger partial charge >= 0.3 is 0 Å². The summed E-state index contributed by atoms with van der Waals surface area (Å²) < 4.78 is 1.33. The second-order valence-corrected chi connectivity index (χ2v) is 6.53. The fourth-order valence-corrected chi connectivity index (χ4v) is 3.95. The molecule has 0 aliphatic carbocycles. The smallest absolute Gasteiger partial charge is 0.0361 e. The van der Waals surface area contributed by atoms with Gasteiger partial charge in [-0.3, -0.25) is 0 Å². The lowest BCUT2D eigenvalue weighted by Crippen LogP contribution is -1.78. The van der Waals surface area contributed by atoms with Crippen LogP contribution in [0.25, 0.3) is 33.4 Å². The number of hydrogen-bond donors (Lipinski definition) is 0. The monoisotopic (exact) mass is 312 g/mol. The molecule has 0 nitrogen and oxygen atoms in total. The molecule has 4 aromatic rings. The number of fused-ring (bicyclic) bond motifs is 1. The zero-order valence-electron chi connectivity index (χ0n) is 12.6. The highest BCUT2D eigenvalue weighted by molar-refractivity contribution is 7.20. The minimum absolute atomic E-state index is 1.23. The van der Waals surface area contributed by atoms with Crippen LogP contribution in [-0.2, 0) is 0 Å². The van der Waals surface area contributed by atoms with E-state index in [0.29, 0.717) is 0 Å². The number of rotatable bonds is 3. The van der Waals surface area contributed by atoms with E-state index < -0.39 is 0 Å². The summed E-state index contributed by atoms with van der Waals surface area (Å²) in [5, 5.41) is 1.33. The summed E-state index contributed by atoms with van der Waals surface area (Å²) in [6.07, 6.45) is 4.43. The van der Waals surface area contributed by atoms with Gasteiger partial charge in [0.25, 0.3) is 0 Å². The first-order valence-corrected chi connectivity index (χ1v) is 8.53. The van der Waals surface area contributed by atoms with E-state index >= 15 is 0 Å². The zero-order valence-corrected chi connectivity index (χ0v) is 13.5. The van der Waals surface area contributed by atoms with Crippen LogP contribution in [0.1, 0.15) is 10.4 Å². The molecule has 0 saturated carbocycles. The maximum atomic E-state index is 2.24. The first kappa shape index (κ1) is 14.0. The second kappa shape index (κ2) is 6.23. The van der Waals surface area contributed by atoms with E-state index in [1.54, 1.807) is 0 Å². The predicted octanol–water partition coefficient (Wildman–Crippen LogP) is 6.74. The van der Waals surface area contributed by atoms with Crippen molar-refractivity contribution in [3.05, 3.63) is 95.4 Å². The van der Waals surface area contributed by atoms with Crippen LogP contribution in [0.15, 0.2) is 84.9 Å². The Balaban J connectivity index is 1.88. The van der Waals surface area contributed by atoms with Crippen LogP contribution in [0.5, 0.6) is 0 Å². The Morgan fingerprint density at radius 1 is 0.609 bits per heavy atom. The highest BCUT2D eigenvalue weighted by atomic mass is 32.1. The molecule has 4 rings (SSSR count). The number of thiophene rings is 1. The van der Waals surface area contributed by atoms with Gasteiger partial charge in [-0.05, 0) is 23.3 Å². The third-order valence-corrected chi connectivity index (χ3v) is 5.05. The maximum Gasteiger partial charge on any atom is 0.0361 e. The van der Waals surface area contributed by atoms with E-state index in [9.17, 15) is 0 Å². The summed E-state index contributed by atoms with van der Waals surface area (Å²) in [6, 6.07) is 29.7. The minimum atomic E-state index is 1.23. The van der Waals surface area contributed by atoms with Crippen molar-refractivity contribution in [3.63, 3.8) is 0 Å². The summed E-state index contributed by atoms with van der Waals surface area (Å²) in [5.41, 5.74) is 3.83. The lowest BCUT2D eigenvalue weighted by atomic mass is 10.0. The molecule has 0 spiro atoms. The normalized spacial score (nSPS) is 11.3. The van der Waals surface area contributed by atoms with Gasteiger partial charge < -0.3 is 0 Å². The molecule has 0 N–H and O–H groups in total. The van der Waals surface area contributed by atoms with E-state index in [2.05, 4.69) is 91.0 Å². The Kier molecular flexibility index (Phi) is 3.79. The fourth-order valence-electron chi connectivity index (χ4n) is 2.82. The van der Waals surface area contributed by atoms with Gasteiger partial charge in [0.15, 0.2) is 0 Å². The summed E-state index contributed by atoms with van der Waals surface area (Å²) in [6.45, 7) is 0. The van der Waals surface area contributed by atoms with E-state index in [0.717, 1.165) is 0 Å². The second-order valence-electron chi connectivity index (χ2n) is 5.45. The van der Waals surface area contributed by atoms with E-state index in [1.807, 2.05) is 17.4 Å². The molecule has 0 saturated heterocycles. The Morgan fingerprint density at radius 2 is 1.26 bits per heavy atom. The van der Waals surface area contributed by atoms with E-state index in [-0.39, 0.29) is 0 Å². The summed E-state index contributed by atoms with van der Waals surface area (Å²) in [4.78, 5) is 1.31. The van der Waals surface area contributed by atoms with Crippen LogP contribution in [0.3, 0.4) is 0 Å². The average Bonchev–Trinajstić information content (AvgIpc) is 3.00. The molecule has 1 aromatic heterocycles. The molecule has 23 heavy (non-hydrogen) atoms. The summed E-state index contributed by atoms with van der Waals surface area (Å²) in [7, 11) is 0. The van der Waals surface area contributed by atoms with Crippen molar-refractivity contribution in [3.8, 4) is 11.1 Å². The molecule has 0 radical (unpaired) electrons. The van der Waals surface area contributed by atoms with Crippen molar-refractivity contribution in [2.45, 2.75) is 0 Å². The zero-order chi connectivity index (χ0) is 15.5. The first-order chi connectivity index (χ1) is 11.4. The van der Waals surface area contributed by atoms with Crippen LogP contribution in [0.4, 0.5) is 0 Å². The molecule has 0 atom stereocenters. The molecule has 0 bridgehead atoms. The lowest BCUT2D eigenvalue weighted by Gasteiger charge is -2.02. The van der Waals surface area contributed by atoms with Crippen molar-refractivity contribution < 1.29 is 0 Å². The topological polar surface area (TPSA) is 0 Å². The van der Waals surface area contributed by atoms with Gasteiger partial charge in [0.2, 0.25) is 0 Å². The van der Waals surface area contributed by atoms with Crippen LogP contribution in [0.2, 0.25) is 0 Å². The van der Waals surface area contributed by atoms with Crippen molar-refractivity contribution in [1.29, 1.82) is 0 Å². The molecule has 0 aliphatic rings. The molecule has 110 valence electrons. The fraction of sp³-hybridized carbons (Fsp3) is 0. The van der Waals surface area contributed by atoms with Crippen LogP contribution < -0.4 is 0 Å². The van der Waals surface area contributed by atoms with Crippen molar-refractivity contribution in [2.75, 3.05) is 0 Å². The number of benzene rings is 3. The third-order valence-electron chi connectivity index (χ3n) is 3.91. The van der Waals surface area contributed by atoms with Gasteiger partial charge in [-0.2, -0.15) is 0 Å². The molecular formula is C22H16S. The molecule has 0 aliphatic heterocycles. The Morgan fingerprint density at radius 3 is 2.04 bits per heavy atom. The standard InChI is InChI=1S/C22H16S/c1-3-9-17(10-4-1)15-16-21-22(18-11-5-2-6-12-18)19-13-7-8-14-20(19)23-21/h1-16H/b16-15+. The SMILES string of the molecule is C(=C\c1sc2ccccc2c1-c1ccccc1)/c1ccccc1. The van der Waals surface area contributed by atoms with Crippen molar-refractivity contribution in [1.82, 2.24) is 0 Å². The summed E-state index contributed by atoms with van der Waals surface area (Å²) in [5.74, 6) is 0. The quantitative estimate of drug-likeness (QED) is 0.393. The third kappa shape index (κ3) is 2.84. The molecule has 0 amide bonds. The van der Waals surface area contributed by atoms with Crippen molar-refractivity contribution in [2.24, 2.45) is 0 Å². The van der Waals surface area contributed by atoms with Gasteiger partial charge in [-0.25, -0.2) is 0 Å². The molecule has 1 heterocycles. The maximum absolute atomic E-state index is 2.24. The predicted molar refractivity (Wildman–Crippen MR) is 103 cm³/mol. The minimum Gasteiger partial charge on any atom is -0.135 e. The van der Waals surface area contributed by atoms with Crippen LogP contribution >= 0.6 is 11.3 Å². The molecular weight excluding hydrogens is 296 g/mol. The first-order valence-electron chi connectivity index (χ1n) is 7.72. The largest absolute Gasteiger partial charge is 0.135 e. The van der Waals surface area contributed by atoms with E-state index in [4.69, 9.17) is 0 Å². The number of hydrogen-bond acceptors (Lipinski definition) is 1. The highest BCUT2D eigenvalue weighted by Crippen LogP contribution is 2.39. The Hall–Kier alpha value is -2.64. The lowest BCUT2D eigenvalue weighted by molar-refractivity contribution is 1.66. The molecule has 1 heteroatoms. The van der Waals surface area contributed by atoms with Gasteiger partial charge in [-0.1, -0.05) is 84.9 Å². The Labute approximate surface area is 140 Å². The van der Waals surface area contributed by atoms with Crippen LogP contribution in [-0.4, -0.2) is 0 Å². The molecule has 3 aromatic carbocycles. The molecule has 0 fully saturated rings. The van der Waals surface area contributed by atoms with Gasteiger partial charge in [0, 0.05) is 20.5 Å². The average molecular weight is 312 g/mol. The van der Waals surface area contributed by atoms with Gasteiger partial charge in [0.05, 0.1) is 0 Å². The summed E-state index contributed by atoms with van der Waals surface area (Å²) >= 11 is 1.85. The van der Waals surface area contributed by atoms with Gasteiger partial charge in [-0.15, -0.1) is 11.3 Å². The van der Waals surface area contributed by atoms with Crippen molar-refractivity contribution >= 4 is 33.6 Å². The van der Waals surface area contributed by atoms with Gasteiger partial charge in [0.1, 0.15) is 0 Å². The molecule has 0 unspecified atom stereocenters. The Bertz CT molecular complexity index is 947. The highest BCUT2D eigenvalue weighted by Gasteiger charge is 2.11. The van der Waals surface area contributed by atoms with Crippen LogP contribution in [0, 0.1) is 0 Å².